The van der Waals surface area contributed by atoms with Crippen LogP contribution >= 0.6 is 0 Å². The number of hydrogen-bond donors (Lipinski definition) is 1. The largest absolute Gasteiger partial charge is 0.490 e. The molecule has 0 unspecified atom stereocenters. The van der Waals surface area contributed by atoms with Crippen molar-refractivity contribution >= 4 is 11.9 Å². The number of carbonyl (C=O) groups is 2. The minimum absolute atomic E-state index is 0.210. The van der Waals surface area contributed by atoms with Crippen molar-refractivity contribution in [3.63, 3.8) is 0 Å². The molecule has 1 aliphatic heterocycles. The fourth-order valence-corrected chi connectivity index (χ4v) is 3.24. The van der Waals surface area contributed by atoms with Crippen molar-refractivity contribution in [1.82, 2.24) is 15.1 Å². The number of hydrogen-bond acceptors (Lipinski definition) is 4. The lowest BCUT2D eigenvalue weighted by Crippen LogP contribution is -2.42. The second kappa shape index (κ2) is 8.27. The van der Waals surface area contributed by atoms with Crippen LogP contribution in [0.3, 0.4) is 0 Å². The fraction of sp³-hybridized carbons (Fsp3) is 0.273. The summed E-state index contributed by atoms with van der Waals surface area (Å²) in [6.07, 6.45) is 1.70. The predicted octanol–water partition coefficient (Wildman–Crippen LogP) is 3.11. The van der Waals surface area contributed by atoms with Crippen LogP contribution in [0.15, 0.2) is 67.3 Å². The summed E-state index contributed by atoms with van der Waals surface area (Å²) in [5.74, 6) is 0.530. The number of rotatable bonds is 8. The van der Waals surface area contributed by atoms with Gasteiger partial charge in [0.25, 0.3) is 5.91 Å². The molecule has 0 aromatic heterocycles. The third-order valence-electron chi connectivity index (χ3n) is 4.75. The highest BCUT2D eigenvalue weighted by Crippen LogP contribution is 2.28. The zero-order valence-corrected chi connectivity index (χ0v) is 16.2. The van der Waals surface area contributed by atoms with E-state index in [1.54, 1.807) is 13.0 Å². The monoisotopic (exact) mass is 379 g/mol. The molecule has 1 N–H and O–H groups in total. The van der Waals surface area contributed by atoms with Crippen LogP contribution in [-0.2, 0) is 16.9 Å². The molecule has 6 heteroatoms. The second-order valence-corrected chi connectivity index (χ2v) is 7.05. The molecule has 3 rings (SSSR count). The van der Waals surface area contributed by atoms with E-state index in [0.29, 0.717) is 13.2 Å². The molecule has 0 aliphatic carbocycles. The Morgan fingerprint density at radius 1 is 1.14 bits per heavy atom. The van der Waals surface area contributed by atoms with Crippen molar-refractivity contribution in [1.29, 1.82) is 0 Å². The highest BCUT2D eigenvalue weighted by molar-refractivity contribution is 6.07. The highest BCUT2D eigenvalue weighted by atomic mass is 16.5. The van der Waals surface area contributed by atoms with Gasteiger partial charge in [-0.1, -0.05) is 55.1 Å². The molecule has 146 valence electrons. The van der Waals surface area contributed by atoms with E-state index in [-0.39, 0.29) is 18.6 Å². The number of nitrogens with zero attached hydrogens (tertiary/aromatic N) is 2. The van der Waals surface area contributed by atoms with Gasteiger partial charge in [0.15, 0.2) is 0 Å². The van der Waals surface area contributed by atoms with Crippen LogP contribution in [0.1, 0.15) is 18.1 Å². The third-order valence-corrected chi connectivity index (χ3v) is 4.75. The first-order valence-electron chi connectivity index (χ1n) is 9.15. The molecule has 1 saturated heterocycles. The van der Waals surface area contributed by atoms with E-state index in [1.807, 2.05) is 66.5 Å². The van der Waals surface area contributed by atoms with Gasteiger partial charge in [-0.3, -0.25) is 9.69 Å². The van der Waals surface area contributed by atoms with Gasteiger partial charge < -0.3 is 10.1 Å². The molecule has 3 amide bonds. The molecule has 2 aromatic rings. The van der Waals surface area contributed by atoms with Crippen LogP contribution < -0.4 is 10.1 Å². The number of benzene rings is 2. The summed E-state index contributed by atoms with van der Waals surface area (Å²) in [5, 5.41) is 2.83. The Kier molecular flexibility index (Phi) is 5.80. The lowest BCUT2D eigenvalue weighted by Gasteiger charge is -2.25. The smallest absolute Gasteiger partial charge is 0.326 e. The van der Waals surface area contributed by atoms with Crippen molar-refractivity contribution in [3.05, 3.63) is 78.4 Å². The molecule has 1 aliphatic rings. The van der Waals surface area contributed by atoms with Crippen molar-refractivity contribution in [2.45, 2.75) is 19.0 Å². The molecule has 6 nitrogen and oxygen atoms in total. The number of amides is 3. The van der Waals surface area contributed by atoms with Gasteiger partial charge in [0.1, 0.15) is 17.9 Å². The van der Waals surface area contributed by atoms with Crippen LogP contribution in [0.25, 0.3) is 0 Å². The van der Waals surface area contributed by atoms with Gasteiger partial charge in [0, 0.05) is 6.54 Å². The highest BCUT2D eigenvalue weighted by Gasteiger charge is 2.49. The quantitative estimate of drug-likeness (QED) is 0.566. The van der Waals surface area contributed by atoms with Crippen molar-refractivity contribution in [2.75, 3.05) is 20.3 Å². The van der Waals surface area contributed by atoms with Crippen LogP contribution in [-0.4, -0.2) is 42.1 Å². The zero-order valence-electron chi connectivity index (χ0n) is 16.2. The standard InChI is InChI=1S/C22H25N3O3/c1-4-14-28-19-12-10-17(11-13-19)15-24(3)16-25-20(26)22(2,23-21(25)27)18-8-6-5-7-9-18/h4-13H,1,14-16H2,2-3H3,(H,23,27)/t22-/m0/s1. The molecule has 0 spiro atoms. The van der Waals surface area contributed by atoms with Gasteiger partial charge in [-0.15, -0.1) is 0 Å². The normalized spacial score (nSPS) is 19.0. The zero-order chi connectivity index (χ0) is 20.1. The van der Waals surface area contributed by atoms with Gasteiger partial charge in [0.2, 0.25) is 0 Å². The first kappa shape index (κ1) is 19.6. The SMILES string of the molecule is C=CCOc1ccc(CN(C)CN2C(=O)N[C@@](C)(c3ccccc3)C2=O)cc1. The van der Waals surface area contributed by atoms with Crippen LogP contribution in [0.4, 0.5) is 4.79 Å². The maximum atomic E-state index is 13.0. The topological polar surface area (TPSA) is 61.9 Å². The summed E-state index contributed by atoms with van der Waals surface area (Å²) in [4.78, 5) is 28.6. The summed E-state index contributed by atoms with van der Waals surface area (Å²) in [6, 6.07) is 16.6. The van der Waals surface area contributed by atoms with Gasteiger partial charge >= 0.3 is 6.03 Å². The van der Waals surface area contributed by atoms with Crippen molar-refractivity contribution in [2.24, 2.45) is 0 Å². The van der Waals surface area contributed by atoms with Crippen molar-refractivity contribution in [3.8, 4) is 5.75 Å². The van der Waals surface area contributed by atoms with E-state index in [9.17, 15) is 9.59 Å². The number of carbonyl (C=O) groups excluding carboxylic acids is 2. The minimum Gasteiger partial charge on any atom is -0.490 e. The van der Waals surface area contributed by atoms with Crippen LogP contribution in [0.5, 0.6) is 5.75 Å². The van der Waals surface area contributed by atoms with Crippen LogP contribution in [0.2, 0.25) is 0 Å². The molecule has 2 aromatic carbocycles. The lowest BCUT2D eigenvalue weighted by atomic mass is 9.92. The maximum Gasteiger partial charge on any atom is 0.326 e. The Morgan fingerprint density at radius 3 is 2.46 bits per heavy atom. The van der Waals surface area contributed by atoms with Gasteiger partial charge in [-0.25, -0.2) is 9.69 Å². The van der Waals surface area contributed by atoms with E-state index in [2.05, 4.69) is 11.9 Å². The third kappa shape index (κ3) is 4.07. The van der Waals surface area contributed by atoms with Crippen molar-refractivity contribution < 1.29 is 14.3 Å². The van der Waals surface area contributed by atoms with Gasteiger partial charge in [-0.05, 0) is 37.2 Å². The summed E-state index contributed by atoms with van der Waals surface area (Å²) < 4.78 is 5.48. The number of urea groups is 1. The molecule has 0 saturated carbocycles. The first-order valence-corrected chi connectivity index (χ1v) is 9.15. The Hall–Kier alpha value is -3.12. The Morgan fingerprint density at radius 2 is 1.82 bits per heavy atom. The number of ether oxygens (including phenoxy) is 1. The summed E-state index contributed by atoms with van der Waals surface area (Å²) in [7, 11) is 1.88. The first-order chi connectivity index (χ1) is 13.4. The summed E-state index contributed by atoms with van der Waals surface area (Å²) in [6.45, 7) is 6.64. The second-order valence-electron chi connectivity index (χ2n) is 7.05. The molecule has 0 radical (unpaired) electrons. The Labute approximate surface area is 165 Å². The molecule has 1 fully saturated rings. The predicted molar refractivity (Wildman–Crippen MR) is 108 cm³/mol. The molecule has 1 atom stereocenters. The molecule has 0 bridgehead atoms. The van der Waals surface area contributed by atoms with Gasteiger partial charge in [-0.2, -0.15) is 0 Å². The van der Waals surface area contributed by atoms with Gasteiger partial charge in [0.05, 0.1) is 6.67 Å². The van der Waals surface area contributed by atoms with E-state index < -0.39 is 5.54 Å². The van der Waals surface area contributed by atoms with E-state index >= 15 is 0 Å². The number of nitrogens with one attached hydrogen (secondary N) is 1. The minimum atomic E-state index is -1.04. The number of imide groups is 1. The average molecular weight is 379 g/mol. The molecular weight excluding hydrogens is 354 g/mol. The lowest BCUT2D eigenvalue weighted by molar-refractivity contribution is -0.132. The van der Waals surface area contributed by atoms with E-state index in [4.69, 9.17) is 4.74 Å². The van der Waals surface area contributed by atoms with E-state index in [1.165, 1.54) is 4.90 Å². The van der Waals surface area contributed by atoms with E-state index in [0.717, 1.165) is 16.9 Å². The summed E-state index contributed by atoms with van der Waals surface area (Å²) in [5.41, 5.74) is 0.795. The molecule has 1 heterocycles. The molecule has 28 heavy (non-hydrogen) atoms. The average Bonchev–Trinajstić information content (AvgIpc) is 2.92. The molecular formula is C22H25N3O3. The maximum absolute atomic E-state index is 13.0. The fourth-order valence-electron chi connectivity index (χ4n) is 3.24. The Bertz CT molecular complexity index is 851. The van der Waals surface area contributed by atoms with Crippen LogP contribution in [0, 0.1) is 0 Å². The summed E-state index contributed by atoms with van der Waals surface area (Å²) >= 11 is 0. The Balaban J connectivity index is 1.64.